The Bertz CT molecular complexity index is 549. The Morgan fingerprint density at radius 3 is 1.47 bits per heavy atom. The fourth-order valence-corrected chi connectivity index (χ4v) is 0.968. The van der Waals surface area contributed by atoms with Crippen molar-refractivity contribution in [2.24, 2.45) is 0 Å². The first-order chi connectivity index (χ1) is 8.91. The third-order valence-corrected chi connectivity index (χ3v) is 1.76. The highest BCUT2D eigenvalue weighted by molar-refractivity contribution is 5.88. The highest BCUT2D eigenvalue weighted by Gasteiger charge is 2.12. The van der Waals surface area contributed by atoms with Gasteiger partial charge in [0.05, 0.1) is 6.26 Å². The highest BCUT2D eigenvalue weighted by atomic mass is 16.4. The number of carbonyl (C=O) groups is 3. The molecular weight excluding hydrogens is 260 g/mol. The van der Waals surface area contributed by atoms with Gasteiger partial charge in [-0.05, 0) is 24.3 Å². The number of carboxylic acids is 3. The number of hydrogen-bond donors (Lipinski definition) is 3. The van der Waals surface area contributed by atoms with Crippen LogP contribution in [-0.2, 0) is 0 Å². The van der Waals surface area contributed by atoms with Crippen molar-refractivity contribution in [2.45, 2.75) is 0 Å². The lowest BCUT2D eigenvalue weighted by Crippen LogP contribution is -1.94. The summed E-state index contributed by atoms with van der Waals surface area (Å²) in [7, 11) is 0. The lowest BCUT2D eigenvalue weighted by atomic mass is 10.4. The van der Waals surface area contributed by atoms with E-state index in [1.807, 2.05) is 0 Å². The SMILES string of the molecule is O=C(O)c1ccc(C(=O)O)o1.O=C(O)c1ccco1. The molecule has 2 aromatic heterocycles. The molecule has 2 aromatic rings. The number of rotatable bonds is 3. The van der Waals surface area contributed by atoms with Crippen molar-refractivity contribution in [1.82, 2.24) is 0 Å². The Balaban J connectivity index is 0.000000200. The molecule has 0 aromatic carbocycles. The van der Waals surface area contributed by atoms with E-state index in [0.29, 0.717) is 0 Å². The number of furan rings is 2. The maximum absolute atomic E-state index is 10.2. The van der Waals surface area contributed by atoms with Gasteiger partial charge in [-0.3, -0.25) is 0 Å². The van der Waals surface area contributed by atoms with Crippen molar-refractivity contribution in [3.8, 4) is 0 Å². The smallest absolute Gasteiger partial charge is 0.371 e. The molecule has 0 aliphatic carbocycles. The second kappa shape index (κ2) is 6.05. The van der Waals surface area contributed by atoms with Crippen molar-refractivity contribution in [1.29, 1.82) is 0 Å². The Labute approximate surface area is 105 Å². The summed E-state index contributed by atoms with van der Waals surface area (Å²) in [6, 6.07) is 5.10. The normalized spacial score (nSPS) is 9.26. The van der Waals surface area contributed by atoms with Crippen molar-refractivity contribution in [2.75, 3.05) is 0 Å². The predicted molar refractivity (Wildman–Crippen MR) is 58.3 cm³/mol. The van der Waals surface area contributed by atoms with Crippen molar-refractivity contribution < 1.29 is 38.5 Å². The quantitative estimate of drug-likeness (QED) is 0.763. The first kappa shape index (κ1) is 14.0. The molecular formula is C11H8O8. The molecule has 8 nitrogen and oxygen atoms in total. The summed E-state index contributed by atoms with van der Waals surface area (Å²) >= 11 is 0. The highest BCUT2D eigenvalue weighted by Crippen LogP contribution is 2.06. The van der Waals surface area contributed by atoms with Crippen LogP contribution in [0.2, 0.25) is 0 Å². The van der Waals surface area contributed by atoms with Crippen LogP contribution in [0.5, 0.6) is 0 Å². The molecule has 0 aliphatic heterocycles. The first-order valence-corrected chi connectivity index (χ1v) is 4.75. The molecule has 100 valence electrons. The Morgan fingerprint density at radius 1 is 0.789 bits per heavy atom. The van der Waals surface area contributed by atoms with Crippen LogP contribution in [0.25, 0.3) is 0 Å². The molecule has 0 amide bonds. The van der Waals surface area contributed by atoms with Crippen LogP contribution in [0, 0.1) is 0 Å². The van der Waals surface area contributed by atoms with Crippen LogP contribution in [-0.4, -0.2) is 33.2 Å². The lowest BCUT2D eigenvalue weighted by molar-refractivity contribution is 0.0626. The summed E-state index contributed by atoms with van der Waals surface area (Å²) in [6.45, 7) is 0. The molecule has 2 rings (SSSR count). The Morgan fingerprint density at radius 2 is 1.26 bits per heavy atom. The summed E-state index contributed by atoms with van der Waals surface area (Å²) in [6.07, 6.45) is 1.32. The monoisotopic (exact) mass is 268 g/mol. The van der Waals surface area contributed by atoms with Crippen LogP contribution in [0.3, 0.4) is 0 Å². The molecule has 2 heterocycles. The van der Waals surface area contributed by atoms with Gasteiger partial charge in [0.25, 0.3) is 0 Å². The summed E-state index contributed by atoms with van der Waals surface area (Å²) in [5.41, 5.74) is 0. The molecule has 0 spiro atoms. The number of aromatic carboxylic acids is 3. The number of hydrogen-bond acceptors (Lipinski definition) is 5. The molecule has 19 heavy (non-hydrogen) atoms. The second-order valence-corrected chi connectivity index (χ2v) is 3.06. The van der Waals surface area contributed by atoms with Gasteiger partial charge in [0.2, 0.25) is 17.3 Å². The summed E-state index contributed by atoms with van der Waals surface area (Å²) in [4.78, 5) is 30.3. The minimum Gasteiger partial charge on any atom is -0.475 e. The molecule has 3 N–H and O–H groups in total. The van der Waals surface area contributed by atoms with Crippen molar-refractivity contribution >= 4 is 17.9 Å². The maximum Gasteiger partial charge on any atom is 0.371 e. The van der Waals surface area contributed by atoms with Gasteiger partial charge in [0.15, 0.2) is 0 Å². The van der Waals surface area contributed by atoms with Crippen LogP contribution < -0.4 is 0 Å². The average Bonchev–Trinajstić information content (AvgIpc) is 3.02. The summed E-state index contributed by atoms with van der Waals surface area (Å²) in [5, 5.41) is 24.8. The standard InChI is InChI=1S/C6H4O5.C5H4O3/c7-5(8)3-1-2-4(11-3)6(9)10;6-5(7)4-2-1-3-8-4/h1-2H,(H,7,8)(H,9,10);1-3H,(H,6,7). The van der Waals surface area contributed by atoms with Crippen molar-refractivity contribution in [3.63, 3.8) is 0 Å². The Kier molecular flexibility index (Phi) is 4.47. The van der Waals surface area contributed by atoms with Gasteiger partial charge in [-0.15, -0.1) is 0 Å². The molecule has 0 fully saturated rings. The van der Waals surface area contributed by atoms with Crippen LogP contribution in [0.15, 0.2) is 39.4 Å². The lowest BCUT2D eigenvalue weighted by Gasteiger charge is -1.84. The van der Waals surface area contributed by atoms with Gasteiger partial charge >= 0.3 is 17.9 Å². The first-order valence-electron chi connectivity index (χ1n) is 4.75. The molecule has 0 radical (unpaired) electrons. The van der Waals surface area contributed by atoms with Gasteiger partial charge in [0, 0.05) is 0 Å². The molecule has 0 saturated carbocycles. The summed E-state index contributed by atoms with van der Waals surface area (Å²) in [5.74, 6) is -4.36. The minimum absolute atomic E-state index is 0.0231. The third kappa shape index (κ3) is 4.04. The van der Waals surface area contributed by atoms with Gasteiger partial charge in [-0.1, -0.05) is 0 Å². The van der Waals surface area contributed by atoms with Crippen LogP contribution in [0.4, 0.5) is 0 Å². The van der Waals surface area contributed by atoms with E-state index in [1.165, 1.54) is 18.4 Å². The van der Waals surface area contributed by atoms with E-state index < -0.39 is 17.9 Å². The molecule has 0 unspecified atom stereocenters. The number of carboxylic acid groups (broad SMARTS) is 3. The maximum atomic E-state index is 10.2. The molecule has 0 bridgehead atoms. The van der Waals surface area contributed by atoms with Gasteiger partial charge in [-0.25, -0.2) is 14.4 Å². The van der Waals surface area contributed by atoms with Crippen LogP contribution >= 0.6 is 0 Å². The zero-order chi connectivity index (χ0) is 14.4. The van der Waals surface area contributed by atoms with E-state index in [2.05, 4.69) is 8.83 Å². The zero-order valence-corrected chi connectivity index (χ0v) is 9.27. The van der Waals surface area contributed by atoms with E-state index in [9.17, 15) is 14.4 Å². The minimum atomic E-state index is -1.28. The van der Waals surface area contributed by atoms with Gasteiger partial charge in [-0.2, -0.15) is 0 Å². The largest absolute Gasteiger partial charge is 0.475 e. The predicted octanol–water partition coefficient (Wildman–Crippen LogP) is 1.65. The molecule has 0 atom stereocenters. The molecule has 0 saturated heterocycles. The van der Waals surface area contributed by atoms with E-state index in [0.717, 1.165) is 12.1 Å². The Hall–Kier alpha value is -3.03. The second-order valence-electron chi connectivity index (χ2n) is 3.06. The van der Waals surface area contributed by atoms with Gasteiger partial charge < -0.3 is 24.2 Å². The van der Waals surface area contributed by atoms with Crippen molar-refractivity contribution in [3.05, 3.63) is 47.8 Å². The average molecular weight is 268 g/mol. The van der Waals surface area contributed by atoms with E-state index in [4.69, 9.17) is 15.3 Å². The van der Waals surface area contributed by atoms with Gasteiger partial charge in [0.1, 0.15) is 0 Å². The van der Waals surface area contributed by atoms with Crippen LogP contribution in [0.1, 0.15) is 31.7 Å². The van der Waals surface area contributed by atoms with E-state index in [-0.39, 0.29) is 17.3 Å². The molecule has 8 heteroatoms. The third-order valence-electron chi connectivity index (χ3n) is 1.76. The summed E-state index contributed by atoms with van der Waals surface area (Å²) < 4.78 is 8.90. The van der Waals surface area contributed by atoms with E-state index in [1.54, 1.807) is 0 Å². The fraction of sp³-hybridized carbons (Fsp3) is 0. The fourth-order valence-electron chi connectivity index (χ4n) is 0.968. The topological polar surface area (TPSA) is 138 Å². The molecule has 0 aliphatic rings. The zero-order valence-electron chi connectivity index (χ0n) is 9.27. The van der Waals surface area contributed by atoms with E-state index >= 15 is 0 Å².